The van der Waals surface area contributed by atoms with Gasteiger partial charge in [-0.25, -0.2) is 13.9 Å². The van der Waals surface area contributed by atoms with Gasteiger partial charge in [0.25, 0.3) is 0 Å². The molecule has 1 fully saturated rings. The molecule has 0 radical (unpaired) electrons. The predicted molar refractivity (Wildman–Crippen MR) is 134 cm³/mol. The van der Waals surface area contributed by atoms with Gasteiger partial charge < -0.3 is 5.32 Å². The normalized spacial score (nSPS) is 18.3. The molecule has 0 spiro atoms. The van der Waals surface area contributed by atoms with Crippen LogP contribution in [0.1, 0.15) is 56.8 Å². The highest BCUT2D eigenvalue weighted by atomic mass is 32.2. The van der Waals surface area contributed by atoms with Crippen LogP contribution in [0.25, 0.3) is 16.6 Å². The molecule has 9 heteroatoms. The highest BCUT2D eigenvalue weighted by Crippen LogP contribution is 2.37. The molecule has 180 valence electrons. The van der Waals surface area contributed by atoms with Crippen molar-refractivity contribution in [1.82, 2.24) is 29.7 Å². The maximum Gasteiger partial charge on any atom is 0.155 e. The Labute approximate surface area is 208 Å². The van der Waals surface area contributed by atoms with Gasteiger partial charge in [-0.3, -0.25) is 4.68 Å². The van der Waals surface area contributed by atoms with Crippen molar-refractivity contribution < 1.29 is 4.39 Å². The molecule has 0 atom stereocenters. The van der Waals surface area contributed by atoms with Crippen LogP contribution in [0.2, 0.25) is 0 Å². The second kappa shape index (κ2) is 9.80. The monoisotopic (exact) mass is 489 g/mol. The molecule has 0 amide bonds. The van der Waals surface area contributed by atoms with Crippen molar-refractivity contribution in [2.75, 3.05) is 0 Å². The van der Waals surface area contributed by atoms with Crippen molar-refractivity contribution in [2.45, 2.75) is 74.5 Å². The summed E-state index contributed by atoms with van der Waals surface area (Å²) in [5, 5.41) is 22.7. The summed E-state index contributed by atoms with van der Waals surface area (Å²) in [5.74, 6) is -0.398. The van der Waals surface area contributed by atoms with Crippen molar-refractivity contribution in [3.8, 4) is 17.2 Å². The quantitative estimate of drug-likeness (QED) is 0.383. The van der Waals surface area contributed by atoms with Crippen LogP contribution >= 0.6 is 11.8 Å². The van der Waals surface area contributed by atoms with Gasteiger partial charge in [0.2, 0.25) is 0 Å². The number of halogens is 1. The minimum Gasteiger partial charge on any atom is -0.312 e. The van der Waals surface area contributed by atoms with E-state index in [0.29, 0.717) is 29.2 Å². The summed E-state index contributed by atoms with van der Waals surface area (Å²) in [6, 6.07) is 8.58. The van der Waals surface area contributed by atoms with Crippen LogP contribution in [0.3, 0.4) is 0 Å². The average Bonchev–Trinajstić information content (AvgIpc) is 3.44. The van der Waals surface area contributed by atoms with Crippen LogP contribution in [-0.2, 0) is 0 Å². The topological polar surface area (TPSA) is 83.8 Å². The third-order valence-electron chi connectivity index (χ3n) is 6.60. The number of fused-ring (bicyclic) bond motifs is 1. The zero-order chi connectivity index (χ0) is 24.5. The van der Waals surface area contributed by atoms with E-state index in [0.717, 1.165) is 47.4 Å². The largest absolute Gasteiger partial charge is 0.312 e. The van der Waals surface area contributed by atoms with Crippen LogP contribution < -0.4 is 5.32 Å². The van der Waals surface area contributed by atoms with Crippen molar-refractivity contribution in [2.24, 2.45) is 0 Å². The van der Waals surface area contributed by atoms with Gasteiger partial charge in [-0.15, -0.1) is 0 Å². The number of hydrogen-bond donors (Lipinski definition) is 1. The molecule has 35 heavy (non-hydrogen) atoms. The first kappa shape index (κ1) is 23.5. The van der Waals surface area contributed by atoms with Crippen molar-refractivity contribution in [3.05, 3.63) is 60.1 Å². The van der Waals surface area contributed by atoms with Crippen molar-refractivity contribution in [1.29, 1.82) is 5.26 Å². The maximum atomic E-state index is 14.4. The summed E-state index contributed by atoms with van der Waals surface area (Å²) < 4.78 is 18.2. The molecule has 5 rings (SSSR count). The van der Waals surface area contributed by atoms with Crippen LogP contribution in [0.15, 0.2) is 52.9 Å². The Bertz CT molecular complexity index is 1390. The molecule has 4 heterocycles. The first-order chi connectivity index (χ1) is 16.9. The lowest BCUT2D eigenvalue weighted by Gasteiger charge is -2.31. The summed E-state index contributed by atoms with van der Waals surface area (Å²) >= 11 is 1.20. The van der Waals surface area contributed by atoms with Gasteiger partial charge in [0, 0.05) is 46.2 Å². The summed E-state index contributed by atoms with van der Waals surface area (Å²) in [7, 11) is 0. The zero-order valence-corrected chi connectivity index (χ0v) is 20.9. The van der Waals surface area contributed by atoms with Crippen LogP contribution in [0, 0.1) is 24.1 Å². The van der Waals surface area contributed by atoms with E-state index in [1.165, 1.54) is 24.0 Å². The molecule has 0 bridgehead atoms. The second-order valence-electron chi connectivity index (χ2n) is 9.36. The fourth-order valence-electron chi connectivity index (χ4n) is 4.98. The van der Waals surface area contributed by atoms with E-state index in [9.17, 15) is 9.65 Å². The highest BCUT2D eigenvalue weighted by Gasteiger charge is 2.25. The molecular weight excluding hydrogens is 461 g/mol. The lowest BCUT2D eigenvalue weighted by molar-refractivity contribution is 0.265. The lowest BCUT2D eigenvalue weighted by atomic mass is 9.90. The fourth-order valence-corrected chi connectivity index (χ4v) is 5.95. The average molecular weight is 490 g/mol. The molecule has 1 aliphatic carbocycles. The molecule has 0 aromatic carbocycles. The van der Waals surface area contributed by atoms with Crippen LogP contribution in [0.5, 0.6) is 0 Å². The molecule has 0 saturated heterocycles. The first-order valence-electron chi connectivity index (χ1n) is 11.9. The SMILES string of the molecule is Cc1c(-c2cc(Sc3ncccc3F)c3c(C#N)cnn3c2)cnn1[C@H]1CC[C@@H](NC(C)C)CC1. The third-order valence-corrected chi connectivity index (χ3v) is 7.62. The Morgan fingerprint density at radius 1 is 1.20 bits per heavy atom. The second-order valence-corrected chi connectivity index (χ2v) is 10.4. The number of nitriles is 1. The van der Waals surface area contributed by atoms with Gasteiger partial charge in [0.1, 0.15) is 11.1 Å². The van der Waals surface area contributed by atoms with Gasteiger partial charge in [0.15, 0.2) is 5.82 Å². The number of aromatic nitrogens is 5. The third kappa shape index (κ3) is 4.68. The molecular formula is C26H28FN7S. The molecule has 1 N–H and O–H groups in total. The maximum absolute atomic E-state index is 14.4. The van der Waals surface area contributed by atoms with E-state index < -0.39 is 5.82 Å². The number of pyridine rings is 2. The fraction of sp³-hybridized carbons (Fsp3) is 0.385. The Kier molecular flexibility index (Phi) is 6.58. The standard InChI is InChI=1S/C26H28FN7S/c1-16(2)32-20-6-8-21(9-7-20)34-17(3)22(14-31-34)18-11-24(35-26-23(27)5-4-10-29-26)25-19(12-28)13-30-33(25)15-18/h4-5,10-11,13-16,20-21,32H,6-9H2,1-3H3/t20-,21+. The molecule has 0 aliphatic heterocycles. The van der Waals surface area contributed by atoms with Gasteiger partial charge in [-0.2, -0.15) is 15.5 Å². The molecule has 4 aromatic heterocycles. The summed E-state index contributed by atoms with van der Waals surface area (Å²) in [6.07, 6.45) is 11.4. The van der Waals surface area contributed by atoms with E-state index in [-0.39, 0.29) is 5.03 Å². The Balaban J connectivity index is 1.49. The van der Waals surface area contributed by atoms with E-state index in [1.807, 2.05) is 18.5 Å². The van der Waals surface area contributed by atoms with Gasteiger partial charge in [0.05, 0.1) is 29.5 Å². The first-order valence-corrected chi connectivity index (χ1v) is 12.8. The molecule has 4 aromatic rings. The van der Waals surface area contributed by atoms with Crippen LogP contribution in [-0.4, -0.2) is 36.5 Å². The van der Waals surface area contributed by atoms with E-state index in [2.05, 4.69) is 46.9 Å². The van der Waals surface area contributed by atoms with Crippen molar-refractivity contribution >= 4 is 17.3 Å². The summed E-state index contributed by atoms with van der Waals surface area (Å²) in [5.41, 5.74) is 4.11. The highest BCUT2D eigenvalue weighted by molar-refractivity contribution is 7.99. The zero-order valence-electron chi connectivity index (χ0n) is 20.1. The number of nitrogens with one attached hydrogen (secondary N) is 1. The van der Waals surface area contributed by atoms with E-state index in [1.54, 1.807) is 16.8 Å². The number of hydrogen-bond acceptors (Lipinski definition) is 6. The molecule has 0 unspecified atom stereocenters. The summed E-state index contributed by atoms with van der Waals surface area (Å²) in [4.78, 5) is 4.91. The van der Waals surface area contributed by atoms with Crippen molar-refractivity contribution in [3.63, 3.8) is 0 Å². The smallest absolute Gasteiger partial charge is 0.155 e. The summed E-state index contributed by atoms with van der Waals surface area (Å²) in [6.45, 7) is 6.49. The minimum absolute atomic E-state index is 0.260. The Hall–Kier alpha value is -3.22. The number of rotatable bonds is 6. The van der Waals surface area contributed by atoms with Crippen LogP contribution in [0.4, 0.5) is 4.39 Å². The lowest BCUT2D eigenvalue weighted by Crippen LogP contribution is -2.38. The van der Waals surface area contributed by atoms with Gasteiger partial charge in [-0.05, 0) is 50.8 Å². The number of nitrogens with zero attached hydrogens (tertiary/aromatic N) is 6. The molecule has 1 saturated carbocycles. The predicted octanol–water partition coefficient (Wildman–Crippen LogP) is 5.54. The Morgan fingerprint density at radius 2 is 2.00 bits per heavy atom. The Morgan fingerprint density at radius 3 is 2.71 bits per heavy atom. The van der Waals surface area contributed by atoms with Gasteiger partial charge >= 0.3 is 0 Å². The van der Waals surface area contributed by atoms with Gasteiger partial charge in [-0.1, -0.05) is 25.6 Å². The van der Waals surface area contributed by atoms with E-state index >= 15 is 0 Å². The molecule has 1 aliphatic rings. The molecule has 7 nitrogen and oxygen atoms in total. The minimum atomic E-state index is -0.398. The van der Waals surface area contributed by atoms with E-state index in [4.69, 9.17) is 5.10 Å².